The van der Waals surface area contributed by atoms with Crippen molar-refractivity contribution in [2.45, 2.75) is 45.1 Å². The molecule has 3 fully saturated rings. The van der Waals surface area contributed by atoms with Crippen molar-refractivity contribution in [2.24, 2.45) is 10.8 Å². The molecule has 0 heterocycles. The zero-order valence-corrected chi connectivity index (χ0v) is 11.4. The van der Waals surface area contributed by atoms with Crippen LogP contribution in [0.2, 0.25) is 0 Å². The number of fused-ring (bicyclic) bond motifs is 3. The van der Waals surface area contributed by atoms with Crippen LogP contribution in [0.1, 0.15) is 44.1 Å². The lowest BCUT2D eigenvalue weighted by atomic mass is 9.54. The fourth-order valence-corrected chi connectivity index (χ4v) is 3.65. The number of hydrogen-bond acceptors (Lipinski definition) is 2. The Morgan fingerprint density at radius 1 is 1.00 bits per heavy atom. The third-order valence-electron chi connectivity index (χ3n) is 5.23. The van der Waals surface area contributed by atoms with E-state index in [-0.39, 0.29) is 5.41 Å². The predicted molar refractivity (Wildman–Crippen MR) is 74.7 cm³/mol. The van der Waals surface area contributed by atoms with Crippen LogP contribution in [0.25, 0.3) is 0 Å². The van der Waals surface area contributed by atoms with E-state index in [1.807, 2.05) is 6.07 Å². The quantitative estimate of drug-likeness (QED) is 0.752. The normalized spacial score (nSPS) is 33.3. The van der Waals surface area contributed by atoms with Crippen LogP contribution in [0.15, 0.2) is 30.3 Å². The van der Waals surface area contributed by atoms with Crippen LogP contribution >= 0.6 is 0 Å². The topological polar surface area (TPSA) is 26.3 Å². The summed E-state index contributed by atoms with van der Waals surface area (Å²) in [6.45, 7) is 1.57. The lowest BCUT2D eigenvalue weighted by Gasteiger charge is -2.51. The molecule has 0 aromatic heterocycles. The van der Waals surface area contributed by atoms with Crippen LogP contribution in [0.4, 0.5) is 0 Å². The number of rotatable bonds is 5. The molecule has 1 aromatic rings. The lowest BCUT2D eigenvalue weighted by molar-refractivity contribution is -0.128. The van der Waals surface area contributed by atoms with Gasteiger partial charge < -0.3 is 9.53 Å². The third kappa shape index (κ3) is 2.59. The first kappa shape index (κ1) is 12.9. The molecule has 2 heteroatoms. The maximum Gasteiger partial charge on any atom is 0.126 e. The van der Waals surface area contributed by atoms with E-state index < -0.39 is 0 Å². The van der Waals surface area contributed by atoms with E-state index in [4.69, 9.17) is 4.74 Å². The summed E-state index contributed by atoms with van der Waals surface area (Å²) in [7, 11) is 0. The van der Waals surface area contributed by atoms with Gasteiger partial charge in [-0.3, -0.25) is 0 Å². The van der Waals surface area contributed by atoms with Gasteiger partial charge in [0.25, 0.3) is 0 Å². The van der Waals surface area contributed by atoms with Gasteiger partial charge in [0.1, 0.15) is 6.29 Å². The first-order valence-electron chi connectivity index (χ1n) is 7.34. The highest BCUT2D eigenvalue weighted by Crippen LogP contribution is 2.55. The highest BCUT2D eigenvalue weighted by atomic mass is 16.5. The van der Waals surface area contributed by atoms with Gasteiger partial charge >= 0.3 is 0 Å². The van der Waals surface area contributed by atoms with Gasteiger partial charge in [0.15, 0.2) is 0 Å². The standard InChI is InChI=1S/C17H22O2/c18-13-16-6-9-17(10-7-16,11-8-16)14-19-12-15-4-2-1-3-5-15/h1-5,13H,6-12,14H2. The summed E-state index contributed by atoms with van der Waals surface area (Å²) in [5.74, 6) is 0. The Kier molecular flexibility index (Phi) is 3.44. The number of hydrogen-bond donors (Lipinski definition) is 0. The Morgan fingerprint density at radius 2 is 1.63 bits per heavy atom. The van der Waals surface area contributed by atoms with Crippen molar-refractivity contribution in [3.8, 4) is 0 Å². The minimum atomic E-state index is 0.0289. The second kappa shape index (κ2) is 5.09. The van der Waals surface area contributed by atoms with E-state index in [2.05, 4.69) is 24.3 Å². The number of carbonyl (C=O) groups excluding carboxylic acids is 1. The first-order chi connectivity index (χ1) is 9.26. The van der Waals surface area contributed by atoms with Crippen molar-refractivity contribution in [2.75, 3.05) is 6.61 Å². The van der Waals surface area contributed by atoms with Crippen LogP contribution in [0, 0.1) is 10.8 Å². The smallest absolute Gasteiger partial charge is 0.126 e. The van der Waals surface area contributed by atoms with Gasteiger partial charge in [-0.2, -0.15) is 0 Å². The molecule has 0 atom stereocenters. The molecule has 102 valence electrons. The minimum absolute atomic E-state index is 0.0289. The molecule has 3 aliphatic carbocycles. The molecule has 19 heavy (non-hydrogen) atoms. The summed E-state index contributed by atoms with van der Waals surface area (Å²) >= 11 is 0. The fraction of sp³-hybridized carbons (Fsp3) is 0.588. The second-order valence-corrected chi connectivity index (χ2v) is 6.46. The summed E-state index contributed by atoms with van der Waals surface area (Å²) in [5, 5.41) is 0. The summed E-state index contributed by atoms with van der Waals surface area (Å²) < 4.78 is 5.96. The fourth-order valence-electron chi connectivity index (χ4n) is 3.65. The Bertz CT molecular complexity index is 413. The third-order valence-corrected chi connectivity index (χ3v) is 5.23. The maximum atomic E-state index is 11.2. The molecule has 0 spiro atoms. The molecule has 1 aromatic carbocycles. The molecule has 0 saturated heterocycles. The van der Waals surface area contributed by atoms with Gasteiger partial charge in [0.05, 0.1) is 13.2 Å². The number of carbonyl (C=O) groups is 1. The zero-order valence-electron chi connectivity index (χ0n) is 11.4. The van der Waals surface area contributed by atoms with Crippen LogP contribution in [0.5, 0.6) is 0 Å². The molecule has 3 saturated carbocycles. The molecule has 0 unspecified atom stereocenters. The van der Waals surface area contributed by atoms with Crippen molar-refractivity contribution < 1.29 is 9.53 Å². The van der Waals surface area contributed by atoms with E-state index >= 15 is 0 Å². The molecule has 3 aliphatic rings. The molecule has 0 aliphatic heterocycles. The van der Waals surface area contributed by atoms with Crippen LogP contribution in [-0.2, 0) is 16.1 Å². The first-order valence-corrected chi connectivity index (χ1v) is 7.34. The van der Waals surface area contributed by atoms with Gasteiger partial charge in [-0.15, -0.1) is 0 Å². The number of ether oxygens (including phenoxy) is 1. The van der Waals surface area contributed by atoms with Crippen LogP contribution < -0.4 is 0 Å². The van der Waals surface area contributed by atoms with Crippen molar-refractivity contribution >= 4 is 6.29 Å². The molecular weight excluding hydrogens is 236 g/mol. The second-order valence-electron chi connectivity index (χ2n) is 6.46. The average Bonchev–Trinajstić information content (AvgIpc) is 2.50. The van der Waals surface area contributed by atoms with Gasteiger partial charge in [0.2, 0.25) is 0 Å². The summed E-state index contributed by atoms with van der Waals surface area (Å²) in [6, 6.07) is 10.4. The molecule has 0 N–H and O–H groups in total. The van der Waals surface area contributed by atoms with E-state index in [1.54, 1.807) is 0 Å². The highest BCUT2D eigenvalue weighted by Gasteiger charge is 2.48. The molecule has 4 rings (SSSR count). The van der Waals surface area contributed by atoms with Gasteiger partial charge in [-0.05, 0) is 49.5 Å². The van der Waals surface area contributed by atoms with Gasteiger partial charge in [-0.25, -0.2) is 0 Å². The average molecular weight is 258 g/mol. The summed E-state index contributed by atoms with van der Waals surface area (Å²) in [4.78, 5) is 11.2. The van der Waals surface area contributed by atoms with Crippen molar-refractivity contribution in [3.63, 3.8) is 0 Å². The predicted octanol–water partition coefficient (Wildman–Crippen LogP) is 3.74. The number of benzene rings is 1. The Morgan fingerprint density at radius 3 is 2.21 bits per heavy atom. The van der Waals surface area contributed by atoms with Crippen molar-refractivity contribution in [1.82, 2.24) is 0 Å². The van der Waals surface area contributed by atoms with Crippen LogP contribution in [-0.4, -0.2) is 12.9 Å². The largest absolute Gasteiger partial charge is 0.376 e. The van der Waals surface area contributed by atoms with E-state index in [0.29, 0.717) is 12.0 Å². The minimum Gasteiger partial charge on any atom is -0.376 e. The van der Waals surface area contributed by atoms with Gasteiger partial charge in [0, 0.05) is 5.41 Å². The van der Waals surface area contributed by atoms with Gasteiger partial charge in [-0.1, -0.05) is 30.3 Å². The summed E-state index contributed by atoms with van der Waals surface area (Å²) in [6.07, 6.45) is 7.95. The van der Waals surface area contributed by atoms with E-state index in [1.165, 1.54) is 31.1 Å². The summed E-state index contributed by atoms with van der Waals surface area (Å²) in [5.41, 5.74) is 1.63. The lowest BCUT2D eigenvalue weighted by Crippen LogP contribution is -2.44. The molecule has 0 amide bonds. The molecule has 0 radical (unpaired) electrons. The Hall–Kier alpha value is -1.15. The SMILES string of the molecule is O=CC12CCC(COCc3ccccc3)(CC1)CC2. The molecule has 2 nitrogen and oxygen atoms in total. The zero-order chi connectivity index (χ0) is 13.2. The molecular formula is C17H22O2. The van der Waals surface area contributed by atoms with Crippen molar-refractivity contribution in [3.05, 3.63) is 35.9 Å². The Balaban J connectivity index is 1.53. The highest BCUT2D eigenvalue weighted by molar-refractivity contribution is 5.60. The number of aldehydes is 1. The van der Waals surface area contributed by atoms with Crippen molar-refractivity contribution in [1.29, 1.82) is 0 Å². The van der Waals surface area contributed by atoms with E-state index in [9.17, 15) is 4.79 Å². The maximum absolute atomic E-state index is 11.2. The molecule has 2 bridgehead atoms. The van der Waals surface area contributed by atoms with Crippen LogP contribution in [0.3, 0.4) is 0 Å². The monoisotopic (exact) mass is 258 g/mol. The van der Waals surface area contributed by atoms with E-state index in [0.717, 1.165) is 25.9 Å². The Labute approximate surface area is 115 Å².